The molecule has 2 aromatic rings. The quantitative estimate of drug-likeness (QED) is 0.837. The van der Waals surface area contributed by atoms with Crippen LogP contribution in [0.2, 0.25) is 0 Å². The molecule has 116 valence electrons. The third kappa shape index (κ3) is 5.27. The number of hydrogen-bond donors (Lipinski definition) is 1. The van der Waals surface area contributed by atoms with Gasteiger partial charge in [-0.2, -0.15) is 0 Å². The highest BCUT2D eigenvalue weighted by Gasteiger charge is 2.12. The molecule has 0 radical (unpaired) electrons. The Morgan fingerprint density at radius 3 is 2.55 bits per heavy atom. The molecule has 0 saturated carbocycles. The van der Waals surface area contributed by atoms with E-state index in [0.717, 1.165) is 14.2 Å². The molecule has 4 nitrogen and oxygen atoms in total. The minimum atomic E-state index is -0.146. The molecule has 0 saturated heterocycles. The second-order valence-electron chi connectivity index (χ2n) is 4.89. The number of amides is 2. The topological polar surface area (TPSA) is 49.4 Å². The fraction of sp³-hybridized carbons (Fsp3) is 0.250. The van der Waals surface area contributed by atoms with Crippen molar-refractivity contribution in [1.82, 2.24) is 10.2 Å². The predicted octanol–water partition coefficient (Wildman–Crippen LogP) is 2.83. The molecule has 0 spiro atoms. The molecule has 1 aromatic heterocycles. The number of benzene rings is 1. The van der Waals surface area contributed by atoms with Crippen LogP contribution >= 0.6 is 27.3 Å². The van der Waals surface area contributed by atoms with Crippen LogP contribution in [0.1, 0.15) is 10.4 Å². The number of rotatable bonds is 6. The molecule has 2 rings (SSSR count). The van der Waals surface area contributed by atoms with Gasteiger partial charge in [-0.3, -0.25) is 9.59 Å². The summed E-state index contributed by atoms with van der Waals surface area (Å²) >= 11 is 4.99. The van der Waals surface area contributed by atoms with Crippen molar-refractivity contribution in [2.45, 2.75) is 13.0 Å². The molecule has 0 atom stereocenters. The average molecular weight is 381 g/mol. The van der Waals surface area contributed by atoms with Gasteiger partial charge in [0.15, 0.2) is 0 Å². The van der Waals surface area contributed by atoms with Gasteiger partial charge >= 0.3 is 0 Å². The molecular weight excluding hydrogens is 364 g/mol. The first-order valence-electron chi connectivity index (χ1n) is 6.83. The van der Waals surface area contributed by atoms with E-state index in [2.05, 4.69) is 21.2 Å². The standard InChI is InChI=1S/C16H17BrN2O2S/c1-19(11-13-7-8-14(17)22-13)16(21)10-18-15(20)9-12-5-3-2-4-6-12/h2-8H,9-11H2,1H3,(H,18,20). The van der Waals surface area contributed by atoms with Crippen LogP contribution in [0.25, 0.3) is 0 Å². The Balaban J connectivity index is 1.75. The van der Waals surface area contributed by atoms with Crippen LogP contribution in [0.5, 0.6) is 0 Å². The van der Waals surface area contributed by atoms with E-state index < -0.39 is 0 Å². The van der Waals surface area contributed by atoms with Crippen LogP contribution in [0.3, 0.4) is 0 Å². The van der Waals surface area contributed by atoms with Gasteiger partial charge in [-0.15, -0.1) is 11.3 Å². The maximum Gasteiger partial charge on any atom is 0.242 e. The Morgan fingerprint density at radius 2 is 1.91 bits per heavy atom. The molecule has 2 amide bonds. The van der Waals surface area contributed by atoms with Crippen LogP contribution < -0.4 is 5.32 Å². The van der Waals surface area contributed by atoms with E-state index in [1.54, 1.807) is 23.3 Å². The van der Waals surface area contributed by atoms with E-state index in [-0.39, 0.29) is 24.8 Å². The molecule has 0 aliphatic heterocycles. The summed E-state index contributed by atoms with van der Waals surface area (Å²) < 4.78 is 1.04. The Labute approximate surface area is 142 Å². The number of likely N-dealkylation sites (N-methyl/N-ethyl adjacent to an activating group) is 1. The Bertz CT molecular complexity index is 643. The summed E-state index contributed by atoms with van der Waals surface area (Å²) in [7, 11) is 1.74. The summed E-state index contributed by atoms with van der Waals surface area (Å²) in [5.41, 5.74) is 0.934. The van der Waals surface area contributed by atoms with Crippen molar-refractivity contribution < 1.29 is 9.59 Å². The van der Waals surface area contributed by atoms with Gasteiger partial charge in [-0.05, 0) is 33.6 Å². The molecular formula is C16H17BrN2O2S. The zero-order valence-electron chi connectivity index (χ0n) is 12.2. The normalized spacial score (nSPS) is 10.3. The third-order valence-electron chi connectivity index (χ3n) is 3.09. The first kappa shape index (κ1) is 16.7. The second kappa shape index (κ2) is 8.10. The first-order chi connectivity index (χ1) is 10.5. The number of carbonyl (C=O) groups is 2. The second-order valence-corrected chi connectivity index (χ2v) is 7.44. The van der Waals surface area contributed by atoms with Gasteiger partial charge in [-0.25, -0.2) is 0 Å². The predicted molar refractivity (Wildman–Crippen MR) is 91.6 cm³/mol. The van der Waals surface area contributed by atoms with E-state index in [1.165, 1.54) is 0 Å². The number of nitrogens with one attached hydrogen (secondary N) is 1. The average Bonchev–Trinajstić information content (AvgIpc) is 2.91. The van der Waals surface area contributed by atoms with Crippen LogP contribution in [-0.2, 0) is 22.6 Å². The van der Waals surface area contributed by atoms with Crippen molar-refractivity contribution in [2.75, 3.05) is 13.6 Å². The lowest BCUT2D eigenvalue weighted by molar-refractivity contribution is -0.132. The lowest BCUT2D eigenvalue weighted by atomic mass is 10.1. The Hall–Kier alpha value is -1.66. The van der Waals surface area contributed by atoms with Crippen LogP contribution in [0.15, 0.2) is 46.3 Å². The van der Waals surface area contributed by atoms with E-state index >= 15 is 0 Å². The summed E-state index contributed by atoms with van der Waals surface area (Å²) in [5.74, 6) is -0.252. The first-order valence-corrected chi connectivity index (χ1v) is 8.44. The van der Waals surface area contributed by atoms with Crippen molar-refractivity contribution in [3.05, 3.63) is 56.7 Å². The molecule has 6 heteroatoms. The minimum absolute atomic E-state index is 0.0225. The summed E-state index contributed by atoms with van der Waals surface area (Å²) in [6.07, 6.45) is 0.287. The van der Waals surface area contributed by atoms with Crippen molar-refractivity contribution in [3.8, 4) is 0 Å². The smallest absolute Gasteiger partial charge is 0.242 e. The zero-order valence-corrected chi connectivity index (χ0v) is 14.6. The fourth-order valence-corrected chi connectivity index (χ4v) is 3.45. The summed E-state index contributed by atoms with van der Waals surface area (Å²) in [5, 5.41) is 2.67. The molecule has 0 aliphatic carbocycles. The highest BCUT2D eigenvalue weighted by molar-refractivity contribution is 9.11. The number of nitrogens with zero attached hydrogens (tertiary/aromatic N) is 1. The van der Waals surface area contributed by atoms with Crippen molar-refractivity contribution >= 4 is 39.1 Å². The monoisotopic (exact) mass is 380 g/mol. The molecule has 22 heavy (non-hydrogen) atoms. The third-order valence-corrected chi connectivity index (χ3v) is 4.70. The van der Waals surface area contributed by atoms with E-state index in [4.69, 9.17) is 0 Å². The molecule has 0 unspecified atom stereocenters. The van der Waals surface area contributed by atoms with Crippen molar-refractivity contribution in [1.29, 1.82) is 0 Å². The van der Waals surface area contributed by atoms with Gasteiger partial charge < -0.3 is 10.2 Å². The van der Waals surface area contributed by atoms with Crippen molar-refractivity contribution in [3.63, 3.8) is 0 Å². The molecule has 0 bridgehead atoms. The van der Waals surface area contributed by atoms with E-state index in [1.807, 2.05) is 42.5 Å². The van der Waals surface area contributed by atoms with Gasteiger partial charge in [-0.1, -0.05) is 30.3 Å². The maximum atomic E-state index is 12.0. The molecule has 1 aromatic carbocycles. The van der Waals surface area contributed by atoms with Crippen LogP contribution in [0.4, 0.5) is 0 Å². The molecule has 0 aliphatic rings. The highest BCUT2D eigenvalue weighted by Crippen LogP contribution is 2.22. The number of hydrogen-bond acceptors (Lipinski definition) is 3. The van der Waals surface area contributed by atoms with Gasteiger partial charge in [0, 0.05) is 11.9 Å². The summed E-state index contributed by atoms with van der Waals surface area (Å²) in [6.45, 7) is 0.568. The van der Waals surface area contributed by atoms with Gasteiger partial charge in [0.05, 0.1) is 23.3 Å². The Morgan fingerprint density at radius 1 is 1.18 bits per heavy atom. The summed E-state index contributed by atoms with van der Waals surface area (Å²) in [4.78, 5) is 26.5. The number of carbonyl (C=O) groups excluding carboxylic acids is 2. The van der Waals surface area contributed by atoms with E-state index in [9.17, 15) is 9.59 Å². The highest BCUT2D eigenvalue weighted by atomic mass is 79.9. The van der Waals surface area contributed by atoms with Gasteiger partial charge in [0.25, 0.3) is 0 Å². The maximum absolute atomic E-state index is 12.0. The number of halogens is 1. The number of thiophene rings is 1. The lowest BCUT2D eigenvalue weighted by Gasteiger charge is -2.16. The van der Waals surface area contributed by atoms with Gasteiger partial charge in [0.2, 0.25) is 11.8 Å². The lowest BCUT2D eigenvalue weighted by Crippen LogP contribution is -2.38. The van der Waals surface area contributed by atoms with Crippen molar-refractivity contribution in [2.24, 2.45) is 0 Å². The molecule has 1 N–H and O–H groups in total. The SMILES string of the molecule is CN(Cc1ccc(Br)s1)C(=O)CNC(=O)Cc1ccccc1. The summed E-state index contributed by atoms with van der Waals surface area (Å²) in [6, 6.07) is 13.4. The largest absolute Gasteiger partial charge is 0.347 e. The van der Waals surface area contributed by atoms with Gasteiger partial charge in [0.1, 0.15) is 0 Å². The molecule has 0 fully saturated rings. The van der Waals surface area contributed by atoms with Crippen LogP contribution in [-0.4, -0.2) is 30.3 Å². The fourth-order valence-electron chi connectivity index (χ4n) is 1.91. The minimum Gasteiger partial charge on any atom is -0.347 e. The zero-order chi connectivity index (χ0) is 15.9. The van der Waals surface area contributed by atoms with E-state index in [0.29, 0.717) is 6.54 Å². The Kier molecular flexibility index (Phi) is 6.15. The van der Waals surface area contributed by atoms with Crippen LogP contribution in [0, 0.1) is 0 Å². The molecule has 1 heterocycles.